The molecule has 1 aromatic carbocycles. The number of amidine groups is 1. The molecule has 0 saturated carbocycles. The third kappa shape index (κ3) is 3.95. The van der Waals surface area contributed by atoms with E-state index in [2.05, 4.69) is 17.1 Å². The molecule has 7 nitrogen and oxygen atoms in total. The molecule has 0 spiro atoms. The Morgan fingerprint density at radius 1 is 1.07 bits per heavy atom. The lowest BCUT2D eigenvalue weighted by molar-refractivity contribution is -0.124. The molecule has 2 aliphatic heterocycles. The van der Waals surface area contributed by atoms with Gasteiger partial charge in [-0.3, -0.25) is 24.2 Å². The van der Waals surface area contributed by atoms with Crippen molar-refractivity contribution in [3.8, 4) is 0 Å². The van der Waals surface area contributed by atoms with Gasteiger partial charge in [-0.15, -0.1) is 5.10 Å². The van der Waals surface area contributed by atoms with E-state index in [9.17, 15) is 14.4 Å². The average molecular weight is 386 g/mol. The second-order valence-electron chi connectivity index (χ2n) is 6.34. The molecule has 8 heteroatoms. The predicted octanol–water partition coefficient (Wildman–Crippen LogP) is 3.13. The van der Waals surface area contributed by atoms with Crippen molar-refractivity contribution in [3.63, 3.8) is 0 Å². The zero-order valence-corrected chi connectivity index (χ0v) is 16.3. The van der Waals surface area contributed by atoms with Gasteiger partial charge in [0, 0.05) is 5.71 Å². The van der Waals surface area contributed by atoms with Crippen LogP contribution >= 0.6 is 11.8 Å². The number of carbonyl (C=O) groups excluding carboxylic acids is 3. The fraction of sp³-hybridized carbons (Fsp3) is 0.421. The molecule has 0 bridgehead atoms. The molecular formula is C19H22N4O3S. The van der Waals surface area contributed by atoms with E-state index in [0.717, 1.165) is 36.3 Å². The van der Waals surface area contributed by atoms with Crippen LogP contribution in [0.25, 0.3) is 0 Å². The standard InChI is InChI=1S/C19H22N4O3S/c1-3-5-8-13(4-2)20-21-19-22(16(24)11-27-19)12-23-17(25)14-9-6-7-10-15(14)18(23)26/h6-7,9-10H,3-5,8,11-12H2,1-2H3/b20-13+,21-19-. The van der Waals surface area contributed by atoms with Gasteiger partial charge in [0.2, 0.25) is 5.91 Å². The monoisotopic (exact) mass is 386 g/mol. The van der Waals surface area contributed by atoms with Crippen LogP contribution in [-0.4, -0.2) is 50.8 Å². The lowest BCUT2D eigenvalue weighted by Gasteiger charge is -2.21. The van der Waals surface area contributed by atoms with Crippen molar-refractivity contribution in [1.82, 2.24) is 9.80 Å². The second kappa shape index (κ2) is 8.47. The number of amides is 3. The number of rotatable bonds is 7. The molecule has 1 aromatic rings. The molecule has 0 aromatic heterocycles. The Morgan fingerprint density at radius 3 is 2.33 bits per heavy atom. The molecule has 2 heterocycles. The number of thioether (sulfide) groups is 1. The van der Waals surface area contributed by atoms with Crippen LogP contribution in [0.5, 0.6) is 0 Å². The topological polar surface area (TPSA) is 82.4 Å². The summed E-state index contributed by atoms with van der Waals surface area (Å²) in [7, 11) is 0. The Labute approximate surface area is 162 Å². The molecule has 2 aliphatic rings. The summed E-state index contributed by atoms with van der Waals surface area (Å²) >= 11 is 1.27. The van der Waals surface area contributed by atoms with Crippen LogP contribution in [0.15, 0.2) is 34.5 Å². The molecular weight excluding hydrogens is 364 g/mol. The zero-order chi connectivity index (χ0) is 19.4. The molecule has 3 amide bonds. The Balaban J connectivity index is 1.78. The normalized spacial score (nSPS) is 18.8. The molecule has 1 saturated heterocycles. The number of hydrogen-bond acceptors (Lipinski definition) is 6. The molecule has 3 rings (SSSR count). The van der Waals surface area contributed by atoms with E-state index in [4.69, 9.17) is 0 Å². The number of imide groups is 1. The van der Waals surface area contributed by atoms with Crippen molar-refractivity contribution < 1.29 is 14.4 Å². The van der Waals surface area contributed by atoms with Gasteiger partial charge in [0.05, 0.1) is 16.9 Å². The van der Waals surface area contributed by atoms with E-state index < -0.39 is 0 Å². The van der Waals surface area contributed by atoms with Crippen molar-refractivity contribution in [2.24, 2.45) is 10.2 Å². The molecule has 142 valence electrons. The third-order valence-electron chi connectivity index (χ3n) is 4.52. The van der Waals surface area contributed by atoms with Crippen LogP contribution in [0, 0.1) is 0 Å². The number of unbranched alkanes of at least 4 members (excludes halogenated alkanes) is 1. The zero-order valence-electron chi connectivity index (χ0n) is 15.5. The summed E-state index contributed by atoms with van der Waals surface area (Å²) in [5, 5.41) is 8.97. The van der Waals surface area contributed by atoms with Crippen molar-refractivity contribution in [3.05, 3.63) is 35.4 Å². The van der Waals surface area contributed by atoms with Crippen LogP contribution in [0.2, 0.25) is 0 Å². The first kappa shape index (κ1) is 19.3. The third-order valence-corrected chi connectivity index (χ3v) is 5.47. The first-order chi connectivity index (χ1) is 13.1. The smallest absolute Gasteiger partial charge is 0.263 e. The van der Waals surface area contributed by atoms with Gasteiger partial charge in [-0.25, -0.2) is 0 Å². The van der Waals surface area contributed by atoms with Crippen LogP contribution < -0.4 is 0 Å². The van der Waals surface area contributed by atoms with Crippen molar-refractivity contribution >= 4 is 40.4 Å². The van der Waals surface area contributed by atoms with Crippen LogP contribution in [0.4, 0.5) is 0 Å². The summed E-state index contributed by atoms with van der Waals surface area (Å²) in [6.07, 6.45) is 3.80. The van der Waals surface area contributed by atoms with E-state index in [1.807, 2.05) is 6.92 Å². The summed E-state index contributed by atoms with van der Waals surface area (Å²) in [5.74, 6) is -0.730. The van der Waals surface area contributed by atoms with E-state index >= 15 is 0 Å². The molecule has 0 N–H and O–H groups in total. The first-order valence-corrected chi connectivity index (χ1v) is 10.1. The Hall–Kier alpha value is -2.48. The molecule has 0 unspecified atom stereocenters. The van der Waals surface area contributed by atoms with Crippen molar-refractivity contribution in [1.29, 1.82) is 0 Å². The minimum atomic E-state index is -0.389. The maximum Gasteiger partial charge on any atom is 0.263 e. The molecule has 0 atom stereocenters. The molecule has 27 heavy (non-hydrogen) atoms. The summed E-state index contributed by atoms with van der Waals surface area (Å²) < 4.78 is 0. The fourth-order valence-corrected chi connectivity index (χ4v) is 3.73. The minimum Gasteiger partial charge on any atom is -0.273 e. The maximum absolute atomic E-state index is 12.5. The number of carbonyl (C=O) groups is 3. The number of nitrogens with zero attached hydrogens (tertiary/aromatic N) is 4. The summed E-state index contributed by atoms with van der Waals surface area (Å²) in [5.41, 5.74) is 1.71. The average Bonchev–Trinajstić information content (AvgIpc) is 3.15. The second-order valence-corrected chi connectivity index (χ2v) is 7.28. The largest absolute Gasteiger partial charge is 0.273 e. The van der Waals surface area contributed by atoms with Gasteiger partial charge in [-0.1, -0.05) is 44.2 Å². The van der Waals surface area contributed by atoms with Gasteiger partial charge in [-0.05, 0) is 31.4 Å². The number of fused-ring (bicyclic) bond motifs is 1. The van der Waals surface area contributed by atoms with Crippen LogP contribution in [-0.2, 0) is 4.79 Å². The van der Waals surface area contributed by atoms with E-state index in [1.165, 1.54) is 16.7 Å². The minimum absolute atomic E-state index is 0.136. The lowest BCUT2D eigenvalue weighted by Crippen LogP contribution is -2.43. The molecule has 0 radical (unpaired) electrons. The number of benzene rings is 1. The van der Waals surface area contributed by atoms with Crippen LogP contribution in [0.3, 0.4) is 0 Å². The molecule has 0 aliphatic carbocycles. The van der Waals surface area contributed by atoms with E-state index in [-0.39, 0.29) is 30.1 Å². The Morgan fingerprint density at radius 2 is 1.74 bits per heavy atom. The fourth-order valence-electron chi connectivity index (χ4n) is 2.91. The highest BCUT2D eigenvalue weighted by atomic mass is 32.2. The van der Waals surface area contributed by atoms with Gasteiger partial charge in [-0.2, -0.15) is 5.10 Å². The quantitative estimate of drug-likeness (QED) is 0.409. The van der Waals surface area contributed by atoms with Gasteiger partial charge >= 0.3 is 0 Å². The maximum atomic E-state index is 12.5. The summed E-state index contributed by atoms with van der Waals surface area (Å²) in [4.78, 5) is 39.8. The van der Waals surface area contributed by atoms with E-state index in [1.54, 1.807) is 24.3 Å². The van der Waals surface area contributed by atoms with Crippen LogP contribution in [0.1, 0.15) is 60.2 Å². The van der Waals surface area contributed by atoms with Crippen molar-refractivity contribution in [2.75, 3.05) is 12.4 Å². The van der Waals surface area contributed by atoms with Gasteiger partial charge < -0.3 is 0 Å². The predicted molar refractivity (Wildman–Crippen MR) is 106 cm³/mol. The Kier molecular flexibility index (Phi) is 6.05. The first-order valence-electron chi connectivity index (χ1n) is 9.08. The number of hydrogen-bond donors (Lipinski definition) is 0. The SMILES string of the molecule is CCCC/C(CC)=N/N=C1\SCC(=O)N1CN1C(=O)c2ccccc2C1=O. The Bertz CT molecular complexity index is 799. The highest BCUT2D eigenvalue weighted by Gasteiger charge is 2.39. The summed E-state index contributed by atoms with van der Waals surface area (Å²) in [6, 6.07) is 6.68. The highest BCUT2D eigenvalue weighted by Crippen LogP contribution is 2.26. The van der Waals surface area contributed by atoms with Gasteiger partial charge in [0.15, 0.2) is 5.17 Å². The van der Waals surface area contributed by atoms with Gasteiger partial charge in [0.1, 0.15) is 6.67 Å². The van der Waals surface area contributed by atoms with E-state index in [0.29, 0.717) is 16.3 Å². The van der Waals surface area contributed by atoms with Gasteiger partial charge in [0.25, 0.3) is 11.8 Å². The molecule has 1 fully saturated rings. The highest BCUT2D eigenvalue weighted by molar-refractivity contribution is 8.15. The summed E-state index contributed by atoms with van der Waals surface area (Å²) in [6.45, 7) is 4.01. The lowest BCUT2D eigenvalue weighted by atomic mass is 10.1. The van der Waals surface area contributed by atoms with Crippen molar-refractivity contribution in [2.45, 2.75) is 39.5 Å².